The molecule has 0 bridgehead atoms. The third kappa shape index (κ3) is 4.35. The van der Waals surface area contributed by atoms with Gasteiger partial charge in [-0.25, -0.2) is 0 Å². The van der Waals surface area contributed by atoms with Gasteiger partial charge in [0.1, 0.15) is 0 Å². The van der Waals surface area contributed by atoms with Crippen LogP contribution in [0.25, 0.3) is 0 Å². The number of halogens is 2. The summed E-state index contributed by atoms with van der Waals surface area (Å²) >= 11 is 5.12. The first kappa shape index (κ1) is 14.5. The van der Waals surface area contributed by atoms with E-state index in [0.29, 0.717) is 9.84 Å². The van der Waals surface area contributed by atoms with Crippen molar-refractivity contribution in [3.8, 4) is 0 Å². The van der Waals surface area contributed by atoms with Gasteiger partial charge in [0.15, 0.2) is 0 Å². The predicted molar refractivity (Wildman–Crippen MR) is 89.9 cm³/mol. The summed E-state index contributed by atoms with van der Waals surface area (Å²) in [5, 5.41) is 0. The van der Waals surface area contributed by atoms with Crippen molar-refractivity contribution in [1.82, 2.24) is 0 Å². The Morgan fingerprint density at radius 1 is 1.25 bits per heavy atom. The van der Waals surface area contributed by atoms with Crippen molar-refractivity contribution in [2.45, 2.75) is 33.5 Å². The Morgan fingerprint density at radius 2 is 1.88 bits per heavy atom. The molecule has 0 aromatic heterocycles. The van der Waals surface area contributed by atoms with Gasteiger partial charge in [-0.1, -0.05) is 88.5 Å². The Kier molecular flexibility index (Phi) is 6.96. The molecule has 3 unspecified atom stereocenters. The van der Waals surface area contributed by atoms with Crippen LogP contribution in [0.1, 0.15) is 31.2 Å². The number of hydrogen-bond acceptors (Lipinski definition) is 0. The standard InChI is InChI=1S/C14H18I2/c1-3-12(15)10-14(16)13(4-2)11-8-6-5-7-9-11/h4-9,12-14H,2-3,10H2,1H3. The van der Waals surface area contributed by atoms with Gasteiger partial charge in [0, 0.05) is 13.8 Å². The Hall–Kier alpha value is 0.420. The third-order valence-electron chi connectivity index (χ3n) is 2.75. The molecule has 0 radical (unpaired) electrons. The summed E-state index contributed by atoms with van der Waals surface area (Å²) in [6.07, 6.45) is 4.59. The van der Waals surface area contributed by atoms with E-state index in [-0.39, 0.29) is 0 Å². The minimum absolute atomic E-state index is 0.477. The highest BCUT2D eigenvalue weighted by Gasteiger charge is 2.19. The predicted octanol–water partition coefficient (Wildman–Crippen LogP) is 5.36. The van der Waals surface area contributed by atoms with E-state index in [1.54, 1.807) is 0 Å². The highest BCUT2D eigenvalue weighted by Crippen LogP contribution is 2.31. The molecule has 0 spiro atoms. The molecular formula is C14H18I2. The number of hydrogen-bond donors (Lipinski definition) is 0. The highest BCUT2D eigenvalue weighted by molar-refractivity contribution is 14.1. The second-order valence-electron chi connectivity index (χ2n) is 3.93. The van der Waals surface area contributed by atoms with Crippen molar-refractivity contribution >= 4 is 45.2 Å². The summed E-state index contributed by atoms with van der Waals surface area (Å²) in [6.45, 7) is 6.24. The van der Waals surface area contributed by atoms with E-state index in [9.17, 15) is 0 Å². The second-order valence-corrected chi connectivity index (χ2v) is 7.29. The second kappa shape index (κ2) is 7.69. The Morgan fingerprint density at radius 3 is 2.38 bits per heavy atom. The Balaban J connectivity index is 2.71. The first-order valence-corrected chi connectivity index (χ1v) is 8.13. The van der Waals surface area contributed by atoms with E-state index in [4.69, 9.17) is 0 Å². The van der Waals surface area contributed by atoms with Crippen molar-refractivity contribution in [3.05, 3.63) is 48.6 Å². The van der Waals surface area contributed by atoms with Crippen molar-refractivity contribution in [2.75, 3.05) is 0 Å². The van der Waals surface area contributed by atoms with E-state index >= 15 is 0 Å². The quantitative estimate of drug-likeness (QED) is 0.318. The molecule has 0 heterocycles. The molecule has 0 saturated heterocycles. The number of benzene rings is 1. The first-order chi connectivity index (χ1) is 7.69. The molecule has 0 amide bonds. The molecule has 1 aromatic rings. The van der Waals surface area contributed by atoms with E-state index in [1.165, 1.54) is 18.4 Å². The van der Waals surface area contributed by atoms with Crippen LogP contribution in [0.4, 0.5) is 0 Å². The van der Waals surface area contributed by atoms with E-state index in [2.05, 4.69) is 95.1 Å². The van der Waals surface area contributed by atoms with Crippen molar-refractivity contribution in [2.24, 2.45) is 0 Å². The Bertz CT molecular complexity index is 308. The zero-order valence-electron chi connectivity index (χ0n) is 9.57. The van der Waals surface area contributed by atoms with E-state index in [1.807, 2.05) is 0 Å². The molecule has 1 aromatic carbocycles. The number of rotatable bonds is 6. The van der Waals surface area contributed by atoms with Gasteiger partial charge in [-0.15, -0.1) is 6.58 Å². The van der Waals surface area contributed by atoms with Crippen LogP contribution in [0.5, 0.6) is 0 Å². The maximum Gasteiger partial charge on any atom is 0.0223 e. The van der Waals surface area contributed by atoms with Crippen LogP contribution in [0.2, 0.25) is 0 Å². The molecule has 1 rings (SSSR count). The lowest BCUT2D eigenvalue weighted by Gasteiger charge is -2.21. The van der Waals surface area contributed by atoms with E-state index in [0.717, 1.165) is 3.92 Å². The fourth-order valence-electron chi connectivity index (χ4n) is 1.73. The molecule has 0 aliphatic rings. The minimum atomic E-state index is 0.477. The molecule has 2 heteroatoms. The zero-order valence-corrected chi connectivity index (χ0v) is 13.9. The SMILES string of the molecule is C=CC(c1ccccc1)C(I)CC(I)CC. The lowest BCUT2D eigenvalue weighted by atomic mass is 9.93. The molecule has 88 valence electrons. The molecule has 3 atom stereocenters. The van der Waals surface area contributed by atoms with Crippen LogP contribution < -0.4 is 0 Å². The van der Waals surface area contributed by atoms with Crippen LogP contribution in [0.15, 0.2) is 43.0 Å². The van der Waals surface area contributed by atoms with Gasteiger partial charge >= 0.3 is 0 Å². The lowest BCUT2D eigenvalue weighted by Crippen LogP contribution is -2.14. The van der Waals surface area contributed by atoms with Gasteiger partial charge in [-0.2, -0.15) is 0 Å². The van der Waals surface area contributed by atoms with Crippen LogP contribution >= 0.6 is 45.2 Å². The normalized spacial score (nSPS) is 16.4. The molecule has 0 nitrogen and oxygen atoms in total. The largest absolute Gasteiger partial charge is 0.102 e. The van der Waals surface area contributed by atoms with Gasteiger partial charge in [0.05, 0.1) is 0 Å². The molecule has 0 N–H and O–H groups in total. The van der Waals surface area contributed by atoms with Crippen molar-refractivity contribution in [1.29, 1.82) is 0 Å². The fourth-order valence-corrected chi connectivity index (χ4v) is 4.57. The van der Waals surface area contributed by atoms with Crippen molar-refractivity contribution < 1.29 is 0 Å². The first-order valence-electron chi connectivity index (χ1n) is 5.64. The van der Waals surface area contributed by atoms with Gasteiger partial charge in [0.2, 0.25) is 0 Å². The Labute approximate surface area is 126 Å². The van der Waals surface area contributed by atoms with Crippen molar-refractivity contribution in [3.63, 3.8) is 0 Å². The van der Waals surface area contributed by atoms with Crippen LogP contribution in [-0.2, 0) is 0 Å². The lowest BCUT2D eigenvalue weighted by molar-refractivity contribution is 0.689. The summed E-state index contributed by atoms with van der Waals surface area (Å²) in [5.41, 5.74) is 1.39. The van der Waals surface area contributed by atoms with E-state index < -0.39 is 0 Å². The summed E-state index contributed by atoms with van der Waals surface area (Å²) in [7, 11) is 0. The molecule has 16 heavy (non-hydrogen) atoms. The smallest absolute Gasteiger partial charge is 0.0223 e. The summed E-state index contributed by atoms with van der Waals surface area (Å²) in [6, 6.07) is 10.7. The highest BCUT2D eigenvalue weighted by atomic mass is 127. The number of alkyl halides is 2. The zero-order chi connectivity index (χ0) is 12.0. The van der Waals surface area contributed by atoms with Gasteiger partial charge < -0.3 is 0 Å². The maximum atomic E-state index is 3.98. The van der Waals surface area contributed by atoms with Crippen LogP contribution in [0.3, 0.4) is 0 Å². The summed E-state index contributed by atoms with van der Waals surface area (Å²) in [4.78, 5) is 0. The van der Waals surface area contributed by atoms with Gasteiger partial charge in [0.25, 0.3) is 0 Å². The topological polar surface area (TPSA) is 0 Å². The number of allylic oxidation sites excluding steroid dienone is 1. The fraction of sp³-hybridized carbons (Fsp3) is 0.429. The summed E-state index contributed by atoms with van der Waals surface area (Å²) in [5.74, 6) is 0.477. The van der Waals surface area contributed by atoms with Crippen LogP contribution in [0, 0.1) is 0 Å². The average Bonchev–Trinajstić information content (AvgIpc) is 2.31. The average molecular weight is 440 g/mol. The molecule has 0 aliphatic carbocycles. The summed E-state index contributed by atoms with van der Waals surface area (Å²) < 4.78 is 1.41. The molecule has 0 saturated carbocycles. The van der Waals surface area contributed by atoms with Crippen LogP contribution in [-0.4, -0.2) is 7.85 Å². The minimum Gasteiger partial charge on any atom is -0.102 e. The monoisotopic (exact) mass is 440 g/mol. The van der Waals surface area contributed by atoms with Gasteiger partial charge in [-0.05, 0) is 18.4 Å². The third-order valence-corrected chi connectivity index (χ3v) is 5.42. The molecule has 0 fully saturated rings. The molecular weight excluding hydrogens is 422 g/mol. The maximum absolute atomic E-state index is 3.98. The molecule has 0 aliphatic heterocycles. The van der Waals surface area contributed by atoms with Gasteiger partial charge in [-0.3, -0.25) is 0 Å².